The zero-order valence-corrected chi connectivity index (χ0v) is 17.5. The number of carbonyl (C=O) groups is 2. The minimum Gasteiger partial charge on any atom is -0.481 e. The average Bonchev–Trinajstić information content (AvgIpc) is 2.69. The summed E-state index contributed by atoms with van der Waals surface area (Å²) in [5.74, 6) is -0.410. The third-order valence-electron chi connectivity index (χ3n) is 5.04. The Labute approximate surface area is 170 Å². The van der Waals surface area contributed by atoms with E-state index in [0.29, 0.717) is 31.7 Å². The van der Waals surface area contributed by atoms with Crippen molar-refractivity contribution in [2.24, 2.45) is 0 Å². The van der Waals surface area contributed by atoms with Gasteiger partial charge < -0.3 is 9.84 Å². The third kappa shape index (κ3) is 13.5. The van der Waals surface area contributed by atoms with Crippen LogP contribution >= 0.6 is 0 Å². The highest BCUT2D eigenvalue weighted by Crippen LogP contribution is 2.17. The molecule has 0 amide bonds. The first-order valence-electron chi connectivity index (χ1n) is 11.0. The fourth-order valence-electron chi connectivity index (χ4n) is 3.33. The zero-order chi connectivity index (χ0) is 20.5. The molecule has 1 aromatic rings. The Morgan fingerprint density at radius 1 is 0.857 bits per heavy atom. The highest BCUT2D eigenvalue weighted by Gasteiger charge is 2.11. The van der Waals surface area contributed by atoms with Crippen LogP contribution in [0.5, 0.6) is 0 Å². The molecule has 1 aromatic carbocycles. The number of aliphatic carboxylic acids is 1. The highest BCUT2D eigenvalue weighted by molar-refractivity contribution is 5.78. The van der Waals surface area contributed by atoms with Crippen LogP contribution in [0, 0.1) is 0 Å². The average molecular weight is 391 g/mol. The Kier molecular flexibility index (Phi) is 14.2. The zero-order valence-electron chi connectivity index (χ0n) is 17.5. The van der Waals surface area contributed by atoms with Crippen LogP contribution in [0.4, 0.5) is 0 Å². The number of unbranched alkanes of at least 4 members (excludes halogenated alkanes) is 5. The van der Waals surface area contributed by atoms with Crippen molar-refractivity contribution in [2.75, 3.05) is 0 Å². The molecule has 158 valence electrons. The summed E-state index contributed by atoms with van der Waals surface area (Å²) in [7, 11) is 0. The molecule has 0 heterocycles. The van der Waals surface area contributed by atoms with Crippen LogP contribution < -0.4 is 0 Å². The van der Waals surface area contributed by atoms with Crippen molar-refractivity contribution >= 4 is 11.8 Å². The topological polar surface area (TPSA) is 63.6 Å². The first-order valence-corrected chi connectivity index (χ1v) is 11.0. The first-order chi connectivity index (χ1) is 13.6. The van der Waals surface area contributed by atoms with E-state index in [0.717, 1.165) is 38.5 Å². The summed E-state index contributed by atoms with van der Waals surface area (Å²) in [4.78, 5) is 22.5. The van der Waals surface area contributed by atoms with Crippen LogP contribution in [0.1, 0.15) is 96.0 Å². The third-order valence-corrected chi connectivity index (χ3v) is 5.04. The van der Waals surface area contributed by atoms with Gasteiger partial charge in [0, 0.05) is 19.3 Å². The lowest BCUT2D eigenvalue weighted by Gasteiger charge is -2.18. The van der Waals surface area contributed by atoms with Gasteiger partial charge in [-0.3, -0.25) is 9.59 Å². The van der Waals surface area contributed by atoms with Gasteiger partial charge in [-0.25, -0.2) is 0 Å². The maximum absolute atomic E-state index is 12.1. The molecule has 0 spiro atoms. The van der Waals surface area contributed by atoms with Crippen LogP contribution in [-0.4, -0.2) is 23.0 Å². The largest absolute Gasteiger partial charge is 0.481 e. The molecule has 4 nitrogen and oxygen atoms in total. The molecule has 0 aliphatic heterocycles. The second-order valence-corrected chi connectivity index (χ2v) is 7.65. The predicted molar refractivity (Wildman–Crippen MR) is 113 cm³/mol. The van der Waals surface area contributed by atoms with E-state index in [1.807, 2.05) is 18.2 Å². The molecule has 1 atom stereocenters. The van der Waals surface area contributed by atoms with E-state index < -0.39 is 5.97 Å². The van der Waals surface area contributed by atoms with Crippen molar-refractivity contribution in [1.82, 2.24) is 0 Å². The Balaban J connectivity index is 2.19. The van der Waals surface area contributed by atoms with Gasteiger partial charge in [-0.2, -0.15) is 0 Å². The van der Waals surface area contributed by atoms with Crippen LogP contribution in [0.3, 0.4) is 0 Å². The molecule has 4 heteroatoms. The van der Waals surface area contributed by atoms with E-state index in [-0.39, 0.29) is 12.5 Å². The van der Waals surface area contributed by atoms with Gasteiger partial charge >= 0.3 is 5.97 Å². The molecule has 0 aromatic heterocycles. The molecule has 0 aliphatic rings. The van der Waals surface area contributed by atoms with Gasteiger partial charge in [0.15, 0.2) is 0 Å². The number of ether oxygens (including phenoxy) is 1. The maximum atomic E-state index is 12.1. The summed E-state index contributed by atoms with van der Waals surface area (Å²) >= 11 is 0. The molecule has 0 bridgehead atoms. The quantitative estimate of drug-likeness (QED) is 0.298. The minimum atomic E-state index is -0.737. The Morgan fingerprint density at radius 2 is 1.50 bits per heavy atom. The lowest BCUT2D eigenvalue weighted by Crippen LogP contribution is -2.14. The number of hydrogen-bond donors (Lipinski definition) is 1. The van der Waals surface area contributed by atoms with Crippen LogP contribution in [-0.2, 0) is 20.9 Å². The maximum Gasteiger partial charge on any atom is 0.303 e. The SMILES string of the molecule is CCCCCC(CCCC(=O)CCCCCCC(=O)O)OCc1ccccc1. The lowest BCUT2D eigenvalue weighted by molar-refractivity contribution is -0.137. The monoisotopic (exact) mass is 390 g/mol. The lowest BCUT2D eigenvalue weighted by atomic mass is 10.0. The Bertz CT molecular complexity index is 527. The molecule has 0 fully saturated rings. The second-order valence-electron chi connectivity index (χ2n) is 7.65. The van der Waals surface area contributed by atoms with Crippen molar-refractivity contribution in [3.05, 3.63) is 35.9 Å². The van der Waals surface area contributed by atoms with Gasteiger partial charge in [-0.05, 0) is 37.7 Å². The van der Waals surface area contributed by atoms with E-state index in [1.165, 1.54) is 24.8 Å². The standard InChI is InChI=1S/C24H38O4/c1-2-3-7-17-23(28-20-21-13-8-6-9-14-21)18-12-16-22(25)15-10-4-5-11-19-24(26)27/h6,8-9,13-14,23H,2-5,7,10-12,15-20H2,1H3,(H,26,27). The van der Waals surface area contributed by atoms with E-state index in [4.69, 9.17) is 9.84 Å². The summed E-state index contributed by atoms with van der Waals surface area (Å²) < 4.78 is 6.14. The predicted octanol–water partition coefficient (Wildman–Crippen LogP) is 6.32. The normalized spacial score (nSPS) is 12.0. The van der Waals surface area contributed by atoms with Gasteiger partial charge in [-0.15, -0.1) is 0 Å². The molecule has 0 radical (unpaired) electrons. The van der Waals surface area contributed by atoms with Crippen LogP contribution in [0.2, 0.25) is 0 Å². The molecule has 0 saturated heterocycles. The van der Waals surface area contributed by atoms with Crippen molar-refractivity contribution in [3.63, 3.8) is 0 Å². The molecule has 28 heavy (non-hydrogen) atoms. The van der Waals surface area contributed by atoms with Crippen molar-refractivity contribution < 1.29 is 19.4 Å². The summed E-state index contributed by atoms with van der Waals surface area (Å²) in [6, 6.07) is 10.3. The van der Waals surface area contributed by atoms with Gasteiger partial charge in [0.05, 0.1) is 12.7 Å². The Morgan fingerprint density at radius 3 is 2.18 bits per heavy atom. The number of hydrogen-bond acceptors (Lipinski definition) is 3. The van der Waals surface area contributed by atoms with Crippen LogP contribution in [0.15, 0.2) is 30.3 Å². The van der Waals surface area contributed by atoms with Crippen molar-refractivity contribution in [1.29, 1.82) is 0 Å². The van der Waals surface area contributed by atoms with Gasteiger partial charge in [0.1, 0.15) is 5.78 Å². The number of Topliss-reactive ketones (excluding diaryl/α,β-unsaturated/α-hetero) is 1. The van der Waals surface area contributed by atoms with E-state index in [1.54, 1.807) is 0 Å². The summed E-state index contributed by atoms with van der Waals surface area (Å²) in [5.41, 5.74) is 1.20. The molecule has 0 aliphatic carbocycles. The molecule has 1 N–H and O–H groups in total. The van der Waals surface area contributed by atoms with Crippen LogP contribution in [0.25, 0.3) is 0 Å². The molecule has 0 saturated carbocycles. The molecule has 1 unspecified atom stereocenters. The number of rotatable bonds is 18. The van der Waals surface area contributed by atoms with Gasteiger partial charge in [0.25, 0.3) is 0 Å². The number of carboxylic acid groups (broad SMARTS) is 1. The Hall–Kier alpha value is -1.68. The summed E-state index contributed by atoms with van der Waals surface area (Å²) in [6.45, 7) is 2.85. The fraction of sp³-hybridized carbons (Fsp3) is 0.667. The van der Waals surface area contributed by atoms with E-state index >= 15 is 0 Å². The summed E-state index contributed by atoms with van der Waals surface area (Å²) in [6.07, 6.45) is 11.7. The van der Waals surface area contributed by atoms with Gasteiger partial charge in [-0.1, -0.05) is 69.4 Å². The molecular formula is C24H38O4. The van der Waals surface area contributed by atoms with E-state index in [9.17, 15) is 9.59 Å². The summed E-state index contributed by atoms with van der Waals surface area (Å²) in [5, 5.41) is 8.61. The molecular weight excluding hydrogens is 352 g/mol. The number of carboxylic acids is 1. The van der Waals surface area contributed by atoms with Crippen molar-refractivity contribution in [2.45, 2.75) is 103 Å². The number of carbonyl (C=O) groups excluding carboxylic acids is 1. The van der Waals surface area contributed by atoms with E-state index in [2.05, 4.69) is 19.1 Å². The fourth-order valence-corrected chi connectivity index (χ4v) is 3.33. The molecule has 1 rings (SSSR count). The minimum absolute atomic E-state index is 0.232. The number of benzene rings is 1. The number of ketones is 1. The van der Waals surface area contributed by atoms with Crippen molar-refractivity contribution in [3.8, 4) is 0 Å². The highest BCUT2D eigenvalue weighted by atomic mass is 16.5. The van der Waals surface area contributed by atoms with Gasteiger partial charge in [0.2, 0.25) is 0 Å². The second kappa shape index (κ2) is 16.3. The first kappa shape index (κ1) is 24.4. The smallest absolute Gasteiger partial charge is 0.303 e.